The lowest BCUT2D eigenvalue weighted by Crippen LogP contribution is -2.18. The van der Waals surface area contributed by atoms with Gasteiger partial charge in [0, 0.05) is 36.6 Å². The number of aryl methyl sites for hydroxylation is 1. The second-order valence-corrected chi connectivity index (χ2v) is 9.51. The molecule has 1 fully saturated rings. The normalized spacial score (nSPS) is 13.3. The summed E-state index contributed by atoms with van der Waals surface area (Å²) in [7, 11) is 1.65. The number of hydrogen-bond acceptors (Lipinski definition) is 6. The van der Waals surface area contributed by atoms with E-state index in [1.165, 1.54) is 30.3 Å². The van der Waals surface area contributed by atoms with Crippen LogP contribution in [0, 0.1) is 6.92 Å². The van der Waals surface area contributed by atoms with Crippen molar-refractivity contribution in [3.8, 4) is 17.1 Å². The van der Waals surface area contributed by atoms with E-state index in [0.717, 1.165) is 66.0 Å². The number of amides is 1. The Balaban J connectivity index is 1.42. The number of carbonyl (C=O) groups is 1. The van der Waals surface area contributed by atoms with Crippen molar-refractivity contribution >= 4 is 29.0 Å². The smallest absolute Gasteiger partial charge is 0.234 e. The van der Waals surface area contributed by atoms with Crippen molar-refractivity contribution in [2.75, 3.05) is 36.2 Å². The monoisotopic (exact) mass is 479 g/mol. The van der Waals surface area contributed by atoms with Gasteiger partial charge < -0.3 is 19.5 Å². The Kier molecular flexibility index (Phi) is 8.11. The van der Waals surface area contributed by atoms with E-state index in [1.54, 1.807) is 7.11 Å². The number of unbranched alkanes of at least 4 members (excludes halogenated alkanes) is 1. The van der Waals surface area contributed by atoms with Gasteiger partial charge in [0.1, 0.15) is 5.75 Å². The van der Waals surface area contributed by atoms with Crippen molar-refractivity contribution in [2.45, 2.75) is 51.2 Å². The van der Waals surface area contributed by atoms with Crippen molar-refractivity contribution < 1.29 is 9.53 Å². The summed E-state index contributed by atoms with van der Waals surface area (Å²) in [6, 6.07) is 14.1. The molecule has 1 aromatic heterocycles. The zero-order chi connectivity index (χ0) is 23.9. The molecular weight excluding hydrogens is 446 g/mol. The van der Waals surface area contributed by atoms with Gasteiger partial charge in [-0.15, -0.1) is 10.2 Å². The molecule has 0 atom stereocenters. The maximum Gasteiger partial charge on any atom is 0.234 e. The molecule has 1 amide bonds. The highest BCUT2D eigenvalue weighted by atomic mass is 32.2. The van der Waals surface area contributed by atoms with Crippen LogP contribution in [0.2, 0.25) is 0 Å². The molecule has 2 heterocycles. The van der Waals surface area contributed by atoms with Gasteiger partial charge in [-0.2, -0.15) is 0 Å². The van der Waals surface area contributed by atoms with E-state index in [1.807, 2.05) is 37.3 Å². The Labute approximate surface area is 205 Å². The lowest BCUT2D eigenvalue weighted by Gasteiger charge is -2.19. The number of methoxy groups -OCH3 is 1. The van der Waals surface area contributed by atoms with Crippen LogP contribution in [0.4, 0.5) is 11.4 Å². The van der Waals surface area contributed by atoms with Gasteiger partial charge in [0.15, 0.2) is 11.0 Å². The van der Waals surface area contributed by atoms with Crippen molar-refractivity contribution in [1.29, 1.82) is 0 Å². The molecule has 3 aromatic rings. The molecule has 8 heteroatoms. The Hall–Kier alpha value is -3.00. The van der Waals surface area contributed by atoms with Crippen LogP contribution in [-0.4, -0.2) is 46.6 Å². The van der Waals surface area contributed by atoms with E-state index in [9.17, 15) is 4.79 Å². The van der Waals surface area contributed by atoms with Crippen LogP contribution in [-0.2, 0) is 11.3 Å². The first-order valence-electron chi connectivity index (χ1n) is 11.9. The van der Waals surface area contributed by atoms with Gasteiger partial charge in [0.25, 0.3) is 0 Å². The van der Waals surface area contributed by atoms with Crippen LogP contribution in [0.5, 0.6) is 5.75 Å². The number of carbonyl (C=O) groups excluding carboxylic acids is 1. The number of ether oxygens (including phenoxy) is 1. The lowest BCUT2D eigenvalue weighted by atomic mass is 10.1. The van der Waals surface area contributed by atoms with Crippen molar-refractivity contribution in [1.82, 2.24) is 14.8 Å². The van der Waals surface area contributed by atoms with Gasteiger partial charge in [-0.25, -0.2) is 0 Å². The summed E-state index contributed by atoms with van der Waals surface area (Å²) in [4.78, 5) is 15.1. The first-order chi connectivity index (χ1) is 16.6. The third-order valence-corrected chi connectivity index (χ3v) is 7.05. The van der Waals surface area contributed by atoms with Crippen molar-refractivity contribution in [3.63, 3.8) is 0 Å². The quantitative estimate of drug-likeness (QED) is 0.393. The van der Waals surface area contributed by atoms with E-state index in [4.69, 9.17) is 4.74 Å². The Morgan fingerprint density at radius 1 is 1.12 bits per heavy atom. The van der Waals surface area contributed by atoms with Gasteiger partial charge in [-0.3, -0.25) is 4.79 Å². The summed E-state index contributed by atoms with van der Waals surface area (Å²) in [5, 5.41) is 12.7. The fourth-order valence-electron chi connectivity index (χ4n) is 4.14. The summed E-state index contributed by atoms with van der Waals surface area (Å²) in [5.74, 6) is 1.85. The predicted octanol–water partition coefficient (Wildman–Crippen LogP) is 5.39. The zero-order valence-corrected chi connectivity index (χ0v) is 21.0. The molecule has 180 valence electrons. The van der Waals surface area contributed by atoms with Gasteiger partial charge in [-0.1, -0.05) is 25.1 Å². The number of benzene rings is 2. The number of anilines is 2. The molecule has 2 aromatic carbocycles. The summed E-state index contributed by atoms with van der Waals surface area (Å²) < 4.78 is 7.38. The highest BCUT2D eigenvalue weighted by molar-refractivity contribution is 7.99. The molecule has 1 N–H and O–H groups in total. The van der Waals surface area contributed by atoms with Crippen LogP contribution in [0.15, 0.2) is 47.6 Å². The Morgan fingerprint density at radius 2 is 1.88 bits per heavy atom. The second kappa shape index (κ2) is 11.4. The molecule has 0 bridgehead atoms. The van der Waals surface area contributed by atoms with E-state index in [2.05, 4.69) is 44.0 Å². The highest BCUT2D eigenvalue weighted by Crippen LogP contribution is 2.28. The molecule has 0 aliphatic carbocycles. The third-order valence-electron chi connectivity index (χ3n) is 6.09. The number of hydrogen-bond donors (Lipinski definition) is 1. The fourth-order valence-corrected chi connectivity index (χ4v) is 4.91. The maximum absolute atomic E-state index is 12.7. The molecule has 0 radical (unpaired) electrons. The molecule has 4 rings (SSSR count). The molecule has 0 saturated carbocycles. The summed E-state index contributed by atoms with van der Waals surface area (Å²) >= 11 is 1.42. The number of nitrogens with one attached hydrogen (secondary N) is 1. The minimum absolute atomic E-state index is 0.0435. The minimum atomic E-state index is -0.0435. The van der Waals surface area contributed by atoms with Gasteiger partial charge in [0.2, 0.25) is 5.91 Å². The van der Waals surface area contributed by atoms with E-state index >= 15 is 0 Å². The topological polar surface area (TPSA) is 72.3 Å². The maximum atomic E-state index is 12.7. The fraction of sp³-hybridized carbons (Fsp3) is 0.423. The van der Waals surface area contributed by atoms with E-state index in [-0.39, 0.29) is 11.7 Å². The average molecular weight is 480 g/mol. The van der Waals surface area contributed by atoms with Gasteiger partial charge in [0.05, 0.1) is 12.9 Å². The largest absolute Gasteiger partial charge is 0.497 e. The number of nitrogens with zero attached hydrogens (tertiary/aromatic N) is 4. The molecule has 1 aliphatic heterocycles. The first-order valence-corrected chi connectivity index (χ1v) is 12.9. The van der Waals surface area contributed by atoms with Crippen molar-refractivity contribution in [3.05, 3.63) is 48.0 Å². The number of thioether (sulfide) groups is 1. The Morgan fingerprint density at radius 3 is 2.56 bits per heavy atom. The molecular formula is C26H33N5O2S. The standard InChI is InChI=1S/C26H33N5O2S/c1-4-5-16-31-25(20-8-11-22(33-3)12-9-20)28-29-26(31)34-18-24(32)27-23-13-10-21(17-19(23)2)30-14-6-7-15-30/h8-13,17H,4-7,14-16,18H2,1-3H3,(H,27,32). The van der Waals surface area contributed by atoms with E-state index in [0.29, 0.717) is 0 Å². The number of aromatic nitrogens is 3. The molecule has 34 heavy (non-hydrogen) atoms. The van der Waals surface area contributed by atoms with Crippen LogP contribution >= 0.6 is 11.8 Å². The summed E-state index contributed by atoms with van der Waals surface area (Å²) in [6.07, 6.45) is 4.58. The molecule has 7 nitrogen and oxygen atoms in total. The predicted molar refractivity (Wildman–Crippen MR) is 139 cm³/mol. The molecule has 0 unspecified atom stereocenters. The van der Waals surface area contributed by atoms with Crippen LogP contribution in [0.1, 0.15) is 38.2 Å². The summed E-state index contributed by atoms with van der Waals surface area (Å²) in [6.45, 7) is 7.24. The SMILES string of the molecule is CCCCn1c(SCC(=O)Nc2ccc(N3CCCC3)cc2C)nnc1-c1ccc(OC)cc1. The molecule has 1 aliphatic rings. The van der Waals surface area contributed by atoms with Crippen molar-refractivity contribution in [2.24, 2.45) is 0 Å². The highest BCUT2D eigenvalue weighted by Gasteiger charge is 2.17. The zero-order valence-electron chi connectivity index (χ0n) is 20.2. The first kappa shape index (κ1) is 24.1. The van der Waals surface area contributed by atoms with Gasteiger partial charge >= 0.3 is 0 Å². The van der Waals surface area contributed by atoms with Gasteiger partial charge in [-0.05, 0) is 74.2 Å². The van der Waals surface area contributed by atoms with Crippen LogP contribution < -0.4 is 15.0 Å². The third kappa shape index (κ3) is 5.73. The lowest BCUT2D eigenvalue weighted by molar-refractivity contribution is -0.113. The molecule has 1 saturated heterocycles. The molecule has 0 spiro atoms. The minimum Gasteiger partial charge on any atom is -0.497 e. The summed E-state index contributed by atoms with van der Waals surface area (Å²) in [5.41, 5.74) is 4.16. The average Bonchev–Trinajstić information content (AvgIpc) is 3.53. The van der Waals surface area contributed by atoms with Crippen LogP contribution in [0.25, 0.3) is 11.4 Å². The second-order valence-electron chi connectivity index (χ2n) is 8.57. The van der Waals surface area contributed by atoms with E-state index < -0.39 is 0 Å². The number of rotatable bonds is 10. The van der Waals surface area contributed by atoms with Crippen LogP contribution in [0.3, 0.4) is 0 Å². The Bertz CT molecular complexity index is 1110.